The van der Waals surface area contributed by atoms with Gasteiger partial charge >= 0.3 is 0 Å². The van der Waals surface area contributed by atoms with Crippen LogP contribution in [0.15, 0.2) is 0 Å². The van der Waals surface area contributed by atoms with Gasteiger partial charge in [0.05, 0.1) is 5.97 Å². The summed E-state index contributed by atoms with van der Waals surface area (Å²) in [6.07, 6.45) is 2.12. The number of H-pyrrole nitrogens is 1. The van der Waals surface area contributed by atoms with Crippen LogP contribution in [0.25, 0.3) is 0 Å². The average molecular weight is 221 g/mol. The van der Waals surface area contributed by atoms with Crippen LogP contribution in [-0.2, 0) is 0 Å². The Morgan fingerprint density at radius 1 is 1.50 bits per heavy atom. The van der Waals surface area contributed by atoms with Crippen LogP contribution >= 0.6 is 0 Å². The van der Waals surface area contributed by atoms with E-state index in [0.717, 1.165) is 24.1 Å². The van der Waals surface area contributed by atoms with Gasteiger partial charge in [-0.25, -0.2) is 0 Å². The maximum absolute atomic E-state index is 11.0. The number of hydrogen-bond donors (Lipinski definition) is 1. The van der Waals surface area contributed by atoms with Gasteiger partial charge in [0.25, 0.3) is 0 Å². The van der Waals surface area contributed by atoms with E-state index in [4.69, 9.17) is 0 Å². The number of fused-ring (bicyclic) bond motifs is 1. The molecule has 1 N–H and O–H groups in total. The molecule has 0 saturated heterocycles. The molecule has 1 heterocycles. The fraction of sp³-hybridized carbons (Fsp3) is 0.667. The van der Waals surface area contributed by atoms with Crippen molar-refractivity contribution >= 4 is 5.97 Å². The molecule has 0 aliphatic heterocycles. The molecule has 0 aromatic carbocycles. The summed E-state index contributed by atoms with van der Waals surface area (Å²) in [6, 6.07) is 0. The Morgan fingerprint density at radius 3 is 2.75 bits per heavy atom. The largest absolute Gasteiger partial charge is 0.543 e. The summed E-state index contributed by atoms with van der Waals surface area (Å²) in [5.41, 5.74) is 1.98. The standard InChI is InChI=1S/C12H18N2O2/c1-6(2)8-5-4-7(3)9-10(8)13-14-11(9)12(15)16/h6-8H,4-5H2,1-3H3,(H,13,14)(H,15,16)/p-1/t7-,8+/m1/s1. The SMILES string of the molecule is CC(C)[C@@H]1CC[C@@H](C)c2c(C(=O)[O-])n[nH]c21. The molecule has 0 saturated carbocycles. The number of aromatic carboxylic acids is 1. The van der Waals surface area contributed by atoms with E-state index in [9.17, 15) is 9.90 Å². The van der Waals surface area contributed by atoms with Crippen molar-refractivity contribution in [2.45, 2.75) is 45.4 Å². The fourth-order valence-electron chi connectivity index (χ4n) is 2.69. The Kier molecular flexibility index (Phi) is 2.74. The molecule has 0 fully saturated rings. The molecule has 1 aliphatic rings. The lowest BCUT2D eigenvalue weighted by Gasteiger charge is -2.29. The molecule has 4 heteroatoms. The predicted molar refractivity (Wildman–Crippen MR) is 58.1 cm³/mol. The van der Waals surface area contributed by atoms with Gasteiger partial charge in [-0.05, 0) is 24.7 Å². The zero-order valence-corrected chi connectivity index (χ0v) is 9.91. The van der Waals surface area contributed by atoms with Gasteiger partial charge in [-0.15, -0.1) is 0 Å². The quantitative estimate of drug-likeness (QED) is 0.821. The summed E-state index contributed by atoms with van der Waals surface area (Å²) in [5.74, 6) is -0.0153. The molecule has 2 rings (SSSR count). The minimum Gasteiger partial charge on any atom is -0.543 e. The van der Waals surface area contributed by atoms with Crippen molar-refractivity contribution < 1.29 is 9.90 Å². The van der Waals surface area contributed by atoms with Crippen molar-refractivity contribution in [1.82, 2.24) is 10.2 Å². The Balaban J connectivity index is 2.49. The van der Waals surface area contributed by atoms with Gasteiger partial charge in [0.1, 0.15) is 5.69 Å². The minimum atomic E-state index is -1.17. The van der Waals surface area contributed by atoms with Crippen molar-refractivity contribution in [2.75, 3.05) is 0 Å². The molecule has 1 aromatic heterocycles. The topological polar surface area (TPSA) is 68.8 Å². The molecular formula is C12H17N2O2-. The highest BCUT2D eigenvalue weighted by molar-refractivity contribution is 5.86. The number of aromatic nitrogens is 2. The third-order valence-corrected chi connectivity index (χ3v) is 3.61. The molecule has 0 radical (unpaired) electrons. The molecule has 1 aromatic rings. The van der Waals surface area contributed by atoms with Crippen LogP contribution in [0.4, 0.5) is 0 Å². The molecular weight excluding hydrogens is 204 g/mol. The van der Waals surface area contributed by atoms with Crippen LogP contribution < -0.4 is 5.11 Å². The van der Waals surface area contributed by atoms with E-state index < -0.39 is 5.97 Å². The summed E-state index contributed by atoms with van der Waals surface area (Å²) < 4.78 is 0. The number of rotatable bonds is 2. The van der Waals surface area contributed by atoms with Crippen LogP contribution in [0.1, 0.15) is 67.2 Å². The molecule has 0 bridgehead atoms. The third-order valence-electron chi connectivity index (χ3n) is 3.61. The number of carbonyl (C=O) groups is 1. The van der Waals surface area contributed by atoms with Crippen molar-refractivity contribution in [1.29, 1.82) is 0 Å². The fourth-order valence-corrected chi connectivity index (χ4v) is 2.69. The maximum atomic E-state index is 11.0. The number of hydrogen-bond acceptors (Lipinski definition) is 3. The van der Waals surface area contributed by atoms with E-state index in [-0.39, 0.29) is 11.6 Å². The first-order valence-corrected chi connectivity index (χ1v) is 5.81. The van der Waals surface area contributed by atoms with Crippen LogP contribution in [0.5, 0.6) is 0 Å². The number of carboxylic acid groups (broad SMARTS) is 1. The molecule has 2 atom stereocenters. The van der Waals surface area contributed by atoms with Crippen molar-refractivity contribution in [3.8, 4) is 0 Å². The second kappa shape index (κ2) is 3.92. The Morgan fingerprint density at radius 2 is 2.19 bits per heavy atom. The van der Waals surface area contributed by atoms with Gasteiger partial charge in [-0.1, -0.05) is 20.8 Å². The molecule has 1 aliphatic carbocycles. The van der Waals surface area contributed by atoms with E-state index in [2.05, 4.69) is 31.0 Å². The van der Waals surface area contributed by atoms with E-state index in [1.165, 1.54) is 0 Å². The van der Waals surface area contributed by atoms with Crippen molar-refractivity contribution in [2.24, 2.45) is 5.92 Å². The number of carboxylic acids is 1. The number of aromatic amines is 1. The maximum Gasteiger partial charge on any atom is 0.111 e. The first kappa shape index (κ1) is 11.2. The van der Waals surface area contributed by atoms with Crippen LogP contribution in [0, 0.1) is 5.92 Å². The lowest BCUT2D eigenvalue weighted by Crippen LogP contribution is -2.26. The molecule has 0 amide bonds. The van der Waals surface area contributed by atoms with Crippen LogP contribution in [0.2, 0.25) is 0 Å². The zero-order chi connectivity index (χ0) is 11.9. The van der Waals surface area contributed by atoms with E-state index in [1.54, 1.807) is 0 Å². The highest BCUT2D eigenvalue weighted by atomic mass is 16.4. The monoisotopic (exact) mass is 221 g/mol. The van der Waals surface area contributed by atoms with Gasteiger partial charge in [-0.3, -0.25) is 5.10 Å². The summed E-state index contributed by atoms with van der Waals surface area (Å²) in [5, 5.41) is 17.8. The first-order valence-electron chi connectivity index (χ1n) is 5.81. The number of nitrogens with zero attached hydrogens (tertiary/aromatic N) is 1. The summed E-state index contributed by atoms with van der Waals surface area (Å²) >= 11 is 0. The Hall–Kier alpha value is -1.32. The highest BCUT2D eigenvalue weighted by Crippen LogP contribution is 2.42. The molecule has 16 heavy (non-hydrogen) atoms. The van der Waals surface area contributed by atoms with E-state index in [1.807, 2.05) is 0 Å². The zero-order valence-electron chi connectivity index (χ0n) is 9.91. The normalized spacial score (nSPS) is 24.5. The summed E-state index contributed by atoms with van der Waals surface area (Å²) in [6.45, 7) is 6.37. The average Bonchev–Trinajstić information content (AvgIpc) is 2.62. The minimum absolute atomic E-state index is 0.104. The molecule has 0 unspecified atom stereocenters. The van der Waals surface area contributed by atoms with Gasteiger partial charge in [-0.2, -0.15) is 5.10 Å². The second-order valence-electron chi connectivity index (χ2n) is 5.02. The van der Waals surface area contributed by atoms with Crippen molar-refractivity contribution in [3.05, 3.63) is 17.0 Å². The molecule has 4 nitrogen and oxygen atoms in total. The molecule has 88 valence electrons. The number of carbonyl (C=O) groups excluding carboxylic acids is 1. The summed E-state index contributed by atoms with van der Waals surface area (Å²) in [4.78, 5) is 11.0. The van der Waals surface area contributed by atoms with Crippen LogP contribution in [-0.4, -0.2) is 16.2 Å². The Labute approximate surface area is 95.1 Å². The van der Waals surface area contributed by atoms with Gasteiger partial charge < -0.3 is 9.90 Å². The molecule has 0 spiro atoms. The third kappa shape index (κ3) is 1.62. The lowest BCUT2D eigenvalue weighted by molar-refractivity contribution is -0.255. The van der Waals surface area contributed by atoms with Crippen molar-refractivity contribution in [3.63, 3.8) is 0 Å². The predicted octanol–water partition coefficient (Wildman–Crippen LogP) is 1.41. The number of nitrogens with one attached hydrogen (secondary N) is 1. The van der Waals surface area contributed by atoms with Gasteiger partial charge in [0.2, 0.25) is 0 Å². The highest BCUT2D eigenvalue weighted by Gasteiger charge is 2.31. The second-order valence-corrected chi connectivity index (χ2v) is 5.02. The van der Waals surface area contributed by atoms with Gasteiger partial charge in [0, 0.05) is 17.2 Å². The Bertz CT molecular complexity index is 409. The lowest BCUT2D eigenvalue weighted by atomic mass is 9.76. The van der Waals surface area contributed by atoms with E-state index >= 15 is 0 Å². The van der Waals surface area contributed by atoms with Gasteiger partial charge in [0.15, 0.2) is 0 Å². The van der Waals surface area contributed by atoms with E-state index in [0.29, 0.717) is 11.8 Å². The van der Waals surface area contributed by atoms with Crippen LogP contribution in [0.3, 0.4) is 0 Å². The first-order chi connectivity index (χ1) is 7.52. The smallest absolute Gasteiger partial charge is 0.111 e. The summed E-state index contributed by atoms with van der Waals surface area (Å²) in [7, 11) is 0.